The Balaban J connectivity index is 0.000000360. The molecule has 0 aliphatic heterocycles. The first-order valence-corrected chi connectivity index (χ1v) is 18.4. The first kappa shape index (κ1) is 33.7. The van der Waals surface area contributed by atoms with Crippen LogP contribution in [-0.4, -0.2) is 113 Å². The quantitative estimate of drug-likeness (QED) is 0.292. The van der Waals surface area contributed by atoms with Crippen molar-refractivity contribution in [3.63, 3.8) is 0 Å². The molecule has 0 heterocycles. The third-order valence-corrected chi connectivity index (χ3v) is 24.8. The van der Waals surface area contributed by atoms with Gasteiger partial charge in [-0.25, -0.2) is 0 Å². The van der Waals surface area contributed by atoms with E-state index in [4.69, 9.17) is 22.5 Å². The SMILES string of the molecule is CN(C)P(Cl)(Cc1ccccc1)(N(C)C)N(C)C.CN(C)P(Cl)(Cc1ccccc1)(N(C)C)N(C)C. The van der Waals surface area contributed by atoms with E-state index in [1.54, 1.807) is 0 Å². The zero-order valence-corrected chi connectivity index (χ0v) is 27.8. The molecule has 208 valence electrons. The van der Waals surface area contributed by atoms with Crippen LogP contribution in [0.1, 0.15) is 11.1 Å². The fraction of sp³-hybridized carbons (Fsp3) is 0.538. The van der Waals surface area contributed by atoms with Gasteiger partial charge in [-0.05, 0) is 0 Å². The fourth-order valence-corrected chi connectivity index (χ4v) is 13.3. The van der Waals surface area contributed by atoms with Crippen LogP contribution in [0.5, 0.6) is 0 Å². The van der Waals surface area contributed by atoms with Crippen molar-refractivity contribution in [2.75, 3.05) is 84.6 Å². The van der Waals surface area contributed by atoms with E-state index in [-0.39, 0.29) is 0 Å². The summed E-state index contributed by atoms with van der Waals surface area (Å²) >= 11 is 14.5. The Morgan fingerprint density at radius 2 is 0.611 bits per heavy atom. The van der Waals surface area contributed by atoms with Crippen LogP contribution in [0.25, 0.3) is 0 Å². The Bertz CT molecular complexity index is 813. The molecule has 0 aromatic heterocycles. The van der Waals surface area contributed by atoms with Gasteiger partial charge in [0.2, 0.25) is 0 Å². The molecule has 0 atom stereocenters. The molecule has 6 nitrogen and oxygen atoms in total. The zero-order chi connectivity index (χ0) is 28.0. The van der Waals surface area contributed by atoms with Crippen molar-refractivity contribution < 1.29 is 0 Å². The van der Waals surface area contributed by atoms with Gasteiger partial charge < -0.3 is 0 Å². The molecule has 10 heteroatoms. The molecule has 2 aromatic rings. The summed E-state index contributed by atoms with van der Waals surface area (Å²) < 4.78 is 13.1. The second-order valence-electron chi connectivity index (χ2n) is 10.4. The van der Waals surface area contributed by atoms with Gasteiger partial charge >= 0.3 is 232 Å². The molecule has 0 aliphatic carbocycles. The van der Waals surface area contributed by atoms with Crippen LogP contribution < -0.4 is 0 Å². The van der Waals surface area contributed by atoms with E-state index < -0.39 is 12.8 Å². The van der Waals surface area contributed by atoms with E-state index in [1.807, 2.05) is 12.1 Å². The van der Waals surface area contributed by atoms with Crippen molar-refractivity contribution in [2.24, 2.45) is 0 Å². The second-order valence-corrected chi connectivity index (χ2v) is 24.2. The fourth-order valence-electron chi connectivity index (χ4n) is 4.79. The maximum absolute atomic E-state index is 7.25. The van der Waals surface area contributed by atoms with Gasteiger partial charge in [0.1, 0.15) is 0 Å². The normalized spacial score (nSPS) is 15.1. The van der Waals surface area contributed by atoms with Gasteiger partial charge in [-0.2, -0.15) is 0 Å². The monoisotopic (exact) mass is 578 g/mol. The number of hydrogen-bond donors (Lipinski definition) is 0. The van der Waals surface area contributed by atoms with Crippen LogP contribution in [-0.2, 0) is 12.3 Å². The van der Waals surface area contributed by atoms with Gasteiger partial charge in [-0.3, -0.25) is 0 Å². The van der Waals surface area contributed by atoms with Crippen LogP contribution in [0.15, 0.2) is 60.7 Å². The molecule has 0 aliphatic rings. The van der Waals surface area contributed by atoms with Gasteiger partial charge in [0.25, 0.3) is 0 Å². The van der Waals surface area contributed by atoms with E-state index in [2.05, 4.69) is 161 Å². The average molecular weight is 580 g/mol. The van der Waals surface area contributed by atoms with Crippen molar-refractivity contribution in [3.8, 4) is 0 Å². The van der Waals surface area contributed by atoms with Crippen molar-refractivity contribution in [2.45, 2.75) is 12.3 Å². The number of rotatable bonds is 10. The molecule has 0 radical (unpaired) electrons. The number of benzene rings is 2. The summed E-state index contributed by atoms with van der Waals surface area (Å²) in [6.07, 6.45) is -3.90. The average Bonchev–Trinajstić information content (AvgIpc) is 2.80. The molecule has 0 saturated carbocycles. The van der Waals surface area contributed by atoms with Crippen molar-refractivity contribution in [1.29, 1.82) is 0 Å². The summed E-state index contributed by atoms with van der Waals surface area (Å²) in [5.74, 6) is 0. The minimum atomic E-state index is -2.79. The predicted octanol–water partition coefficient (Wildman–Crippen LogP) is 6.65. The molecule has 0 unspecified atom stereocenters. The summed E-state index contributed by atoms with van der Waals surface area (Å²) in [6, 6.07) is 20.9. The van der Waals surface area contributed by atoms with E-state index in [1.165, 1.54) is 11.1 Å². The molecule has 0 spiro atoms. The van der Waals surface area contributed by atoms with E-state index in [9.17, 15) is 0 Å². The number of hydrogen-bond acceptors (Lipinski definition) is 6. The third-order valence-electron chi connectivity index (χ3n) is 7.35. The van der Waals surface area contributed by atoms with Gasteiger partial charge in [0.15, 0.2) is 0 Å². The van der Waals surface area contributed by atoms with Gasteiger partial charge in [0, 0.05) is 0 Å². The van der Waals surface area contributed by atoms with E-state index in [0.29, 0.717) is 0 Å². The summed E-state index contributed by atoms with van der Waals surface area (Å²) in [6.45, 7) is 0. The molecule has 36 heavy (non-hydrogen) atoms. The summed E-state index contributed by atoms with van der Waals surface area (Å²) in [5, 5.41) is 0. The Kier molecular flexibility index (Phi) is 11.8. The molecular formula is C26H50Cl2N6P2. The maximum atomic E-state index is 7.25. The topological polar surface area (TPSA) is 19.4 Å². The summed E-state index contributed by atoms with van der Waals surface area (Å²) in [5.41, 5.74) is 2.53. The summed E-state index contributed by atoms with van der Waals surface area (Å²) in [7, 11) is 24.8. The molecular weight excluding hydrogens is 529 g/mol. The Morgan fingerprint density at radius 1 is 0.417 bits per heavy atom. The van der Waals surface area contributed by atoms with Gasteiger partial charge in [0.05, 0.1) is 0 Å². The Labute approximate surface area is 231 Å². The predicted molar refractivity (Wildman–Crippen MR) is 168 cm³/mol. The molecule has 2 rings (SSSR count). The molecule has 0 N–H and O–H groups in total. The Morgan fingerprint density at radius 3 is 0.778 bits per heavy atom. The van der Waals surface area contributed by atoms with Crippen molar-refractivity contribution >= 4 is 35.3 Å². The molecule has 0 bridgehead atoms. The first-order valence-electron chi connectivity index (χ1n) is 12.1. The third kappa shape index (κ3) is 6.26. The Hall–Kier alpha value is -0.360. The molecule has 2 aromatic carbocycles. The van der Waals surface area contributed by atoms with Crippen molar-refractivity contribution in [1.82, 2.24) is 28.0 Å². The second kappa shape index (κ2) is 12.7. The van der Waals surface area contributed by atoms with Crippen LogP contribution in [0.3, 0.4) is 0 Å². The molecule has 0 fully saturated rings. The summed E-state index contributed by atoms with van der Waals surface area (Å²) in [4.78, 5) is 0. The minimum absolute atomic E-state index is 0.834. The van der Waals surface area contributed by atoms with Crippen molar-refractivity contribution in [3.05, 3.63) is 71.8 Å². The van der Waals surface area contributed by atoms with Gasteiger partial charge in [-0.15, -0.1) is 0 Å². The van der Waals surface area contributed by atoms with Crippen LogP contribution in [0, 0.1) is 0 Å². The molecule has 0 saturated heterocycles. The van der Waals surface area contributed by atoms with Gasteiger partial charge in [-0.1, -0.05) is 0 Å². The molecule has 0 amide bonds. The first-order chi connectivity index (χ1) is 16.5. The number of nitrogens with zero attached hydrogens (tertiary/aromatic N) is 6. The van der Waals surface area contributed by atoms with Crippen LogP contribution in [0.4, 0.5) is 0 Å². The van der Waals surface area contributed by atoms with Crippen LogP contribution in [0.2, 0.25) is 0 Å². The number of halogens is 2. The van der Waals surface area contributed by atoms with E-state index in [0.717, 1.165) is 12.3 Å². The van der Waals surface area contributed by atoms with E-state index >= 15 is 0 Å². The standard InChI is InChI=1S/2C13H25ClN3P/c2*1-15(2)18(14,16(3)4,17(5)6)12-13-10-8-7-9-11-13/h2*7-11H,12H2,1-6H3. The van der Waals surface area contributed by atoms with Crippen LogP contribution >= 0.6 is 35.3 Å². The zero-order valence-electron chi connectivity index (χ0n) is 24.5.